The van der Waals surface area contributed by atoms with Gasteiger partial charge < -0.3 is 9.47 Å². The van der Waals surface area contributed by atoms with E-state index in [9.17, 15) is 0 Å². The van der Waals surface area contributed by atoms with Crippen molar-refractivity contribution in [1.29, 1.82) is 0 Å². The van der Waals surface area contributed by atoms with Crippen LogP contribution in [0.5, 0.6) is 11.5 Å². The predicted molar refractivity (Wildman–Crippen MR) is 89.8 cm³/mol. The lowest BCUT2D eigenvalue weighted by Crippen LogP contribution is -2.05. The van der Waals surface area contributed by atoms with Crippen LogP contribution in [0.3, 0.4) is 0 Å². The molecule has 2 aromatic rings. The molecule has 0 fully saturated rings. The average molecular weight is 296 g/mol. The van der Waals surface area contributed by atoms with Crippen molar-refractivity contribution in [2.75, 3.05) is 13.2 Å². The number of rotatable bonds is 7. The third-order valence-electron chi connectivity index (χ3n) is 4.14. The zero-order chi connectivity index (χ0) is 15.0. The minimum Gasteiger partial charge on any atom is -0.494 e. The molecule has 1 aliphatic rings. The van der Waals surface area contributed by atoms with Gasteiger partial charge in [0.2, 0.25) is 0 Å². The molecule has 2 nitrogen and oxygen atoms in total. The summed E-state index contributed by atoms with van der Waals surface area (Å²) in [5.41, 5.74) is 2.99. The molecule has 0 saturated heterocycles. The molecule has 2 heteroatoms. The molecular formula is C20H24O2. The molecule has 3 rings (SSSR count). The molecule has 1 aliphatic carbocycles. The van der Waals surface area contributed by atoms with Gasteiger partial charge in [0.15, 0.2) is 0 Å². The normalized spacial score (nSPS) is 13.5. The molecule has 22 heavy (non-hydrogen) atoms. The van der Waals surface area contributed by atoms with Gasteiger partial charge >= 0.3 is 0 Å². The first-order valence-electron chi connectivity index (χ1n) is 8.34. The Morgan fingerprint density at radius 1 is 0.682 bits per heavy atom. The molecule has 0 radical (unpaired) electrons. The van der Waals surface area contributed by atoms with E-state index in [0.717, 1.165) is 37.6 Å². The van der Waals surface area contributed by atoms with Gasteiger partial charge in [0.25, 0.3) is 0 Å². The van der Waals surface area contributed by atoms with Gasteiger partial charge in [-0.05, 0) is 73.9 Å². The number of para-hydroxylation sites is 1. The van der Waals surface area contributed by atoms with Crippen LogP contribution in [0.4, 0.5) is 0 Å². The molecule has 2 aromatic carbocycles. The molecule has 0 amide bonds. The fourth-order valence-corrected chi connectivity index (χ4v) is 2.90. The third kappa shape index (κ3) is 4.27. The van der Waals surface area contributed by atoms with E-state index in [2.05, 4.69) is 18.2 Å². The Balaban J connectivity index is 1.35. The minimum absolute atomic E-state index is 0.748. The van der Waals surface area contributed by atoms with Crippen LogP contribution in [0, 0.1) is 0 Å². The number of aryl methyl sites for hydroxylation is 2. The molecule has 0 unspecified atom stereocenters. The number of ether oxygens (including phenoxy) is 2. The number of hydrogen-bond acceptors (Lipinski definition) is 2. The topological polar surface area (TPSA) is 18.5 Å². The number of benzene rings is 2. The summed E-state index contributed by atoms with van der Waals surface area (Å²) in [4.78, 5) is 0. The van der Waals surface area contributed by atoms with E-state index >= 15 is 0 Å². The van der Waals surface area contributed by atoms with Crippen molar-refractivity contribution in [3.05, 3.63) is 59.7 Å². The number of fused-ring (bicyclic) bond motifs is 1. The van der Waals surface area contributed by atoms with Gasteiger partial charge in [-0.25, -0.2) is 0 Å². The molecule has 0 spiro atoms. The van der Waals surface area contributed by atoms with Gasteiger partial charge in [-0.3, -0.25) is 0 Å². The Morgan fingerprint density at radius 2 is 1.36 bits per heavy atom. The first-order chi connectivity index (χ1) is 10.9. The fraction of sp³-hybridized carbons (Fsp3) is 0.400. The van der Waals surface area contributed by atoms with Crippen molar-refractivity contribution >= 4 is 0 Å². The molecule has 0 N–H and O–H groups in total. The molecule has 116 valence electrons. The number of unbranched alkanes of at least 4 members (excludes halogenated alkanes) is 1. The van der Waals surface area contributed by atoms with E-state index in [1.165, 1.54) is 36.8 Å². The third-order valence-corrected chi connectivity index (χ3v) is 4.14. The van der Waals surface area contributed by atoms with Crippen LogP contribution in [0.25, 0.3) is 0 Å². The summed E-state index contributed by atoms with van der Waals surface area (Å²) in [6, 6.07) is 16.6. The van der Waals surface area contributed by atoms with Crippen LogP contribution in [0.15, 0.2) is 48.5 Å². The quantitative estimate of drug-likeness (QED) is 0.683. The Morgan fingerprint density at radius 3 is 2.14 bits per heavy atom. The Hall–Kier alpha value is -1.96. The van der Waals surface area contributed by atoms with Crippen LogP contribution >= 0.6 is 0 Å². The van der Waals surface area contributed by atoms with Crippen LogP contribution in [0.1, 0.15) is 36.8 Å². The minimum atomic E-state index is 0.748. The Kier molecular flexibility index (Phi) is 5.36. The monoisotopic (exact) mass is 296 g/mol. The SMILES string of the molecule is c1ccc(OCCCCOc2ccc3c(c2)CCCC3)cc1. The highest BCUT2D eigenvalue weighted by molar-refractivity contribution is 5.37. The van der Waals surface area contributed by atoms with Crippen molar-refractivity contribution < 1.29 is 9.47 Å². The predicted octanol–water partition coefficient (Wildman–Crippen LogP) is 4.80. The van der Waals surface area contributed by atoms with Gasteiger partial charge in [0.1, 0.15) is 11.5 Å². The van der Waals surface area contributed by atoms with Crippen molar-refractivity contribution in [3.8, 4) is 11.5 Å². The van der Waals surface area contributed by atoms with E-state index < -0.39 is 0 Å². The highest BCUT2D eigenvalue weighted by atomic mass is 16.5. The van der Waals surface area contributed by atoms with E-state index in [4.69, 9.17) is 9.47 Å². The van der Waals surface area contributed by atoms with Gasteiger partial charge in [-0.2, -0.15) is 0 Å². The maximum Gasteiger partial charge on any atom is 0.119 e. The zero-order valence-electron chi connectivity index (χ0n) is 13.1. The molecule has 0 aromatic heterocycles. The molecule has 0 atom stereocenters. The number of hydrogen-bond donors (Lipinski definition) is 0. The highest BCUT2D eigenvalue weighted by Gasteiger charge is 2.09. The van der Waals surface area contributed by atoms with Gasteiger partial charge in [-0.1, -0.05) is 24.3 Å². The summed E-state index contributed by atoms with van der Waals surface area (Å²) in [5.74, 6) is 1.96. The van der Waals surface area contributed by atoms with Crippen molar-refractivity contribution in [3.63, 3.8) is 0 Å². The van der Waals surface area contributed by atoms with E-state index in [1.54, 1.807) is 0 Å². The summed E-state index contributed by atoms with van der Waals surface area (Å²) in [7, 11) is 0. The van der Waals surface area contributed by atoms with E-state index in [1.807, 2.05) is 30.3 Å². The first-order valence-corrected chi connectivity index (χ1v) is 8.34. The van der Waals surface area contributed by atoms with Gasteiger partial charge in [-0.15, -0.1) is 0 Å². The zero-order valence-corrected chi connectivity index (χ0v) is 13.1. The van der Waals surface area contributed by atoms with Crippen LogP contribution in [0.2, 0.25) is 0 Å². The van der Waals surface area contributed by atoms with Crippen LogP contribution in [-0.4, -0.2) is 13.2 Å². The molecule has 0 aliphatic heterocycles. The Bertz CT molecular complexity index is 578. The summed E-state index contributed by atoms with van der Waals surface area (Å²) >= 11 is 0. The first kappa shape index (κ1) is 15.0. The fourth-order valence-electron chi connectivity index (χ4n) is 2.90. The lowest BCUT2D eigenvalue weighted by molar-refractivity contribution is 0.266. The summed E-state index contributed by atoms with van der Waals surface area (Å²) in [6.45, 7) is 1.51. The second kappa shape index (κ2) is 7.88. The summed E-state index contributed by atoms with van der Waals surface area (Å²) in [6.07, 6.45) is 7.11. The largest absolute Gasteiger partial charge is 0.494 e. The second-order valence-electron chi connectivity index (χ2n) is 5.85. The highest BCUT2D eigenvalue weighted by Crippen LogP contribution is 2.25. The van der Waals surface area contributed by atoms with Gasteiger partial charge in [0.05, 0.1) is 13.2 Å². The smallest absolute Gasteiger partial charge is 0.119 e. The molecular weight excluding hydrogens is 272 g/mol. The lowest BCUT2D eigenvalue weighted by atomic mass is 9.92. The molecule has 0 saturated carbocycles. The van der Waals surface area contributed by atoms with Crippen molar-refractivity contribution in [2.24, 2.45) is 0 Å². The van der Waals surface area contributed by atoms with Gasteiger partial charge in [0, 0.05) is 0 Å². The van der Waals surface area contributed by atoms with Crippen LogP contribution < -0.4 is 9.47 Å². The molecule has 0 heterocycles. The average Bonchev–Trinajstić information content (AvgIpc) is 2.59. The van der Waals surface area contributed by atoms with Crippen LogP contribution in [-0.2, 0) is 12.8 Å². The van der Waals surface area contributed by atoms with Crippen molar-refractivity contribution in [2.45, 2.75) is 38.5 Å². The van der Waals surface area contributed by atoms with E-state index in [-0.39, 0.29) is 0 Å². The van der Waals surface area contributed by atoms with Crippen molar-refractivity contribution in [1.82, 2.24) is 0 Å². The summed E-state index contributed by atoms with van der Waals surface area (Å²) < 4.78 is 11.5. The maximum atomic E-state index is 5.87. The standard InChI is InChI=1S/C20H24O2/c1-2-10-19(11-3-1)21-14-6-7-15-22-20-13-12-17-8-4-5-9-18(17)16-20/h1-3,10-13,16H,4-9,14-15H2. The summed E-state index contributed by atoms with van der Waals surface area (Å²) in [5, 5.41) is 0. The Labute approximate surface area is 133 Å². The second-order valence-corrected chi connectivity index (χ2v) is 5.85. The van der Waals surface area contributed by atoms with E-state index in [0.29, 0.717) is 0 Å². The maximum absolute atomic E-state index is 5.87. The lowest BCUT2D eigenvalue weighted by Gasteiger charge is -2.16. The molecule has 0 bridgehead atoms.